The molecule has 1 aromatic carbocycles. The summed E-state index contributed by atoms with van der Waals surface area (Å²) in [6.07, 6.45) is 1.40. The number of hydrogen-bond donors (Lipinski definition) is 1. The molecule has 0 unspecified atom stereocenters. The molecule has 1 N–H and O–H groups in total. The lowest BCUT2D eigenvalue weighted by Gasteiger charge is -2.27. The molecule has 1 amide bonds. The Morgan fingerprint density at radius 2 is 1.83 bits per heavy atom. The van der Waals surface area contributed by atoms with Gasteiger partial charge in [-0.25, -0.2) is 9.97 Å². The van der Waals surface area contributed by atoms with Crippen LogP contribution in [0.2, 0.25) is 10.0 Å². The first kappa shape index (κ1) is 17.9. The molecule has 1 aromatic heterocycles. The number of hydrogen-bond acceptors (Lipinski definition) is 4. The molecule has 0 aliphatic carbocycles. The molecule has 122 valence electrons. The Kier molecular flexibility index (Phi) is 6.18. The number of carbonyl (C=O) groups is 1. The molecule has 2 heterocycles. The van der Waals surface area contributed by atoms with Gasteiger partial charge in [0.2, 0.25) is 0 Å². The Balaban J connectivity index is 0.00000192. The molecule has 1 aliphatic rings. The number of benzene rings is 1. The Morgan fingerprint density at radius 3 is 2.52 bits per heavy atom. The lowest BCUT2D eigenvalue weighted by atomic mass is 10.1. The molecule has 1 saturated heterocycles. The fourth-order valence-corrected chi connectivity index (χ4v) is 2.62. The van der Waals surface area contributed by atoms with Crippen LogP contribution in [0.5, 0.6) is 0 Å². The van der Waals surface area contributed by atoms with Crippen molar-refractivity contribution in [3.05, 3.63) is 46.3 Å². The van der Waals surface area contributed by atoms with Crippen LogP contribution in [0.4, 0.5) is 0 Å². The summed E-state index contributed by atoms with van der Waals surface area (Å²) in [5.41, 5.74) is 1.83. The molecule has 8 heteroatoms. The van der Waals surface area contributed by atoms with Crippen LogP contribution in [0.1, 0.15) is 10.5 Å². The molecule has 1 fully saturated rings. The van der Waals surface area contributed by atoms with E-state index in [4.69, 9.17) is 23.2 Å². The maximum Gasteiger partial charge on any atom is 0.272 e. The fourth-order valence-electron chi connectivity index (χ4n) is 2.32. The highest BCUT2D eigenvalue weighted by atomic mass is 35.5. The summed E-state index contributed by atoms with van der Waals surface area (Å²) in [5.74, 6) is -0.0785. The van der Waals surface area contributed by atoms with E-state index in [9.17, 15) is 4.79 Å². The zero-order valence-corrected chi connectivity index (χ0v) is 14.5. The number of nitrogens with zero attached hydrogens (tertiary/aromatic N) is 3. The minimum absolute atomic E-state index is 0. The maximum atomic E-state index is 12.5. The van der Waals surface area contributed by atoms with E-state index >= 15 is 0 Å². The molecule has 0 spiro atoms. The van der Waals surface area contributed by atoms with Gasteiger partial charge < -0.3 is 10.2 Å². The summed E-state index contributed by atoms with van der Waals surface area (Å²) in [6, 6.07) is 6.93. The Hall–Kier alpha value is -1.40. The van der Waals surface area contributed by atoms with Gasteiger partial charge in [0.25, 0.3) is 5.91 Å². The zero-order valence-electron chi connectivity index (χ0n) is 12.1. The van der Waals surface area contributed by atoms with E-state index in [0.29, 0.717) is 34.5 Å². The van der Waals surface area contributed by atoms with Gasteiger partial charge in [-0.1, -0.05) is 29.3 Å². The summed E-state index contributed by atoms with van der Waals surface area (Å²) in [6.45, 7) is 2.98. The lowest BCUT2D eigenvalue weighted by molar-refractivity contribution is 0.0729. The number of piperazine rings is 1. The summed E-state index contributed by atoms with van der Waals surface area (Å²) in [5, 5.41) is 4.15. The van der Waals surface area contributed by atoms with Gasteiger partial charge >= 0.3 is 0 Å². The van der Waals surface area contributed by atoms with E-state index in [1.54, 1.807) is 23.1 Å². The normalized spacial score (nSPS) is 14.3. The molecule has 0 bridgehead atoms. The summed E-state index contributed by atoms with van der Waals surface area (Å²) < 4.78 is 0. The Morgan fingerprint density at radius 1 is 1.09 bits per heavy atom. The van der Waals surface area contributed by atoms with Gasteiger partial charge in [-0.2, -0.15) is 0 Å². The van der Waals surface area contributed by atoms with E-state index in [1.165, 1.54) is 6.33 Å². The molecule has 3 rings (SSSR count). The van der Waals surface area contributed by atoms with Crippen molar-refractivity contribution < 1.29 is 4.79 Å². The van der Waals surface area contributed by atoms with Crippen LogP contribution in [0.25, 0.3) is 11.3 Å². The largest absolute Gasteiger partial charge is 0.335 e. The Bertz CT molecular complexity index is 705. The minimum Gasteiger partial charge on any atom is -0.335 e. The van der Waals surface area contributed by atoms with Crippen LogP contribution in [-0.2, 0) is 0 Å². The van der Waals surface area contributed by atoms with E-state index in [1.807, 2.05) is 6.07 Å². The number of carbonyl (C=O) groups excluding carboxylic acids is 1. The second kappa shape index (κ2) is 7.93. The molecular weight excluding hydrogens is 359 g/mol. The highest BCUT2D eigenvalue weighted by Gasteiger charge is 2.19. The van der Waals surface area contributed by atoms with E-state index < -0.39 is 0 Å². The second-order valence-corrected chi connectivity index (χ2v) is 5.77. The standard InChI is InChI=1S/C15H14Cl2N4O.ClH/c16-11-2-1-10(7-12(11)17)13-8-14(20-9-19-13)15(22)21-5-3-18-4-6-21;/h1-2,7-9,18H,3-6H2;1H. The third-order valence-corrected chi connectivity index (χ3v) is 4.24. The van der Waals surface area contributed by atoms with Crippen molar-refractivity contribution >= 4 is 41.5 Å². The van der Waals surface area contributed by atoms with Gasteiger partial charge in [0.15, 0.2) is 0 Å². The quantitative estimate of drug-likeness (QED) is 0.879. The summed E-state index contributed by atoms with van der Waals surface area (Å²) >= 11 is 12.0. The molecule has 0 radical (unpaired) electrons. The monoisotopic (exact) mass is 372 g/mol. The van der Waals surface area contributed by atoms with Gasteiger partial charge in [-0.15, -0.1) is 12.4 Å². The lowest BCUT2D eigenvalue weighted by Crippen LogP contribution is -2.46. The fraction of sp³-hybridized carbons (Fsp3) is 0.267. The zero-order chi connectivity index (χ0) is 15.5. The summed E-state index contributed by atoms with van der Waals surface area (Å²) in [4.78, 5) is 22.6. The minimum atomic E-state index is -0.0785. The van der Waals surface area contributed by atoms with Gasteiger partial charge in [0.05, 0.1) is 15.7 Å². The molecule has 5 nitrogen and oxygen atoms in total. The van der Waals surface area contributed by atoms with Gasteiger partial charge in [0, 0.05) is 31.7 Å². The number of rotatable bonds is 2. The SMILES string of the molecule is Cl.O=C(c1cc(-c2ccc(Cl)c(Cl)c2)ncn1)N1CCNCC1. The maximum absolute atomic E-state index is 12.5. The van der Waals surface area contributed by atoms with Crippen molar-refractivity contribution in [2.45, 2.75) is 0 Å². The average Bonchev–Trinajstić information content (AvgIpc) is 2.57. The molecule has 1 aliphatic heterocycles. The van der Waals surface area contributed by atoms with Crippen molar-refractivity contribution in [3.8, 4) is 11.3 Å². The highest BCUT2D eigenvalue weighted by Crippen LogP contribution is 2.27. The first-order chi connectivity index (χ1) is 10.6. The molecule has 0 saturated carbocycles. The third-order valence-electron chi connectivity index (χ3n) is 3.51. The highest BCUT2D eigenvalue weighted by molar-refractivity contribution is 6.42. The Labute approximate surface area is 150 Å². The smallest absolute Gasteiger partial charge is 0.272 e. The number of halogens is 3. The van der Waals surface area contributed by atoms with Crippen LogP contribution >= 0.6 is 35.6 Å². The predicted molar refractivity (Wildman–Crippen MR) is 93.5 cm³/mol. The number of amides is 1. The van der Waals surface area contributed by atoms with Crippen LogP contribution in [-0.4, -0.2) is 47.0 Å². The molecular formula is C15H15Cl3N4O. The van der Waals surface area contributed by atoms with Gasteiger partial charge in [-0.05, 0) is 18.2 Å². The second-order valence-electron chi connectivity index (χ2n) is 4.96. The number of nitrogens with one attached hydrogen (secondary N) is 1. The van der Waals surface area contributed by atoms with Gasteiger partial charge in [0.1, 0.15) is 12.0 Å². The molecule has 2 aromatic rings. The van der Waals surface area contributed by atoms with Crippen molar-refractivity contribution in [2.24, 2.45) is 0 Å². The first-order valence-corrected chi connectivity index (χ1v) is 7.68. The topological polar surface area (TPSA) is 58.1 Å². The van der Waals surface area contributed by atoms with Crippen molar-refractivity contribution in [1.82, 2.24) is 20.2 Å². The number of aromatic nitrogens is 2. The van der Waals surface area contributed by atoms with E-state index in [0.717, 1.165) is 18.7 Å². The molecule has 23 heavy (non-hydrogen) atoms. The third kappa shape index (κ3) is 4.12. The van der Waals surface area contributed by atoms with E-state index in [-0.39, 0.29) is 18.3 Å². The summed E-state index contributed by atoms with van der Waals surface area (Å²) in [7, 11) is 0. The van der Waals surface area contributed by atoms with Crippen LogP contribution in [0.15, 0.2) is 30.6 Å². The van der Waals surface area contributed by atoms with E-state index in [2.05, 4.69) is 15.3 Å². The van der Waals surface area contributed by atoms with Crippen LogP contribution in [0.3, 0.4) is 0 Å². The first-order valence-electron chi connectivity index (χ1n) is 6.92. The van der Waals surface area contributed by atoms with Crippen molar-refractivity contribution in [2.75, 3.05) is 26.2 Å². The predicted octanol–water partition coefficient (Wildman–Crippen LogP) is 2.92. The van der Waals surface area contributed by atoms with Crippen LogP contribution < -0.4 is 5.32 Å². The van der Waals surface area contributed by atoms with Crippen molar-refractivity contribution in [1.29, 1.82) is 0 Å². The molecule has 0 atom stereocenters. The van der Waals surface area contributed by atoms with Gasteiger partial charge in [-0.3, -0.25) is 4.79 Å². The van der Waals surface area contributed by atoms with Crippen LogP contribution in [0, 0.1) is 0 Å². The van der Waals surface area contributed by atoms with Crippen molar-refractivity contribution in [3.63, 3.8) is 0 Å². The average molecular weight is 374 g/mol.